The van der Waals surface area contributed by atoms with Crippen LogP contribution in [-0.2, 0) is 11.3 Å². The monoisotopic (exact) mass is 449 g/mol. The normalized spacial score (nSPS) is 11.1. The van der Waals surface area contributed by atoms with Crippen LogP contribution in [0.5, 0.6) is 0 Å². The number of nitrogens with zero attached hydrogens (tertiary/aromatic N) is 3. The van der Waals surface area contributed by atoms with E-state index in [9.17, 15) is 4.79 Å². The summed E-state index contributed by atoms with van der Waals surface area (Å²) in [5, 5.41) is 12.7. The summed E-state index contributed by atoms with van der Waals surface area (Å²) >= 11 is 0. The highest BCUT2D eigenvalue weighted by Gasteiger charge is 2.12. The zero-order valence-electron chi connectivity index (χ0n) is 18.6. The molecule has 34 heavy (non-hydrogen) atoms. The third-order valence-corrected chi connectivity index (χ3v) is 5.62. The number of aromatic nitrogens is 4. The Labute approximate surface area is 196 Å². The molecule has 0 aliphatic heterocycles. The van der Waals surface area contributed by atoms with Gasteiger partial charge in [0.25, 0.3) is 0 Å². The van der Waals surface area contributed by atoms with Gasteiger partial charge >= 0.3 is 5.97 Å². The van der Waals surface area contributed by atoms with Gasteiger partial charge in [0, 0.05) is 47.3 Å². The largest absolute Gasteiger partial charge is 0.480 e. The highest BCUT2D eigenvalue weighted by Crippen LogP contribution is 2.33. The van der Waals surface area contributed by atoms with Gasteiger partial charge in [-0.2, -0.15) is 0 Å². The molecule has 0 saturated heterocycles. The summed E-state index contributed by atoms with van der Waals surface area (Å²) in [7, 11) is 0. The number of hydrogen-bond donors (Lipinski definition) is 3. The van der Waals surface area contributed by atoms with Crippen molar-refractivity contribution in [3.63, 3.8) is 0 Å². The van der Waals surface area contributed by atoms with Gasteiger partial charge < -0.3 is 15.4 Å². The SMILES string of the molecule is Cc1cccc(-c2cc(-c3cncc(-c4ccc(CNCC(=O)O)cc4)c3)c3cc[nH]c3n2)n1. The summed E-state index contributed by atoms with van der Waals surface area (Å²) in [4.78, 5) is 27.8. The lowest BCUT2D eigenvalue weighted by Gasteiger charge is -2.10. The maximum absolute atomic E-state index is 10.7. The fourth-order valence-electron chi connectivity index (χ4n) is 3.97. The number of fused-ring (bicyclic) bond motifs is 1. The van der Waals surface area contributed by atoms with Crippen molar-refractivity contribution < 1.29 is 9.90 Å². The second-order valence-corrected chi connectivity index (χ2v) is 8.12. The minimum atomic E-state index is -0.867. The minimum absolute atomic E-state index is 0.0622. The summed E-state index contributed by atoms with van der Waals surface area (Å²) in [6.45, 7) is 2.41. The molecule has 0 saturated carbocycles. The molecule has 7 heteroatoms. The Hall–Kier alpha value is -4.36. The van der Waals surface area contributed by atoms with Gasteiger partial charge in [-0.25, -0.2) is 4.98 Å². The molecule has 0 radical (unpaired) electrons. The number of nitrogens with one attached hydrogen (secondary N) is 2. The van der Waals surface area contributed by atoms with E-state index >= 15 is 0 Å². The topological polar surface area (TPSA) is 104 Å². The standard InChI is InChI=1S/C27H23N5O2/c1-17-3-2-4-24(31-17)25-12-23(22-9-10-30-27(22)32-25)21-11-20(14-29-15-21)19-7-5-18(6-8-19)13-28-16-26(33)34/h2-12,14-15,28H,13,16H2,1H3,(H,30,32)(H,33,34). The molecule has 0 atom stereocenters. The number of aromatic amines is 1. The number of aliphatic carboxylic acids is 1. The maximum Gasteiger partial charge on any atom is 0.317 e. The van der Waals surface area contributed by atoms with E-state index in [1.165, 1.54) is 0 Å². The second-order valence-electron chi connectivity index (χ2n) is 8.12. The van der Waals surface area contributed by atoms with Gasteiger partial charge in [-0.05, 0) is 53.9 Å². The highest BCUT2D eigenvalue weighted by atomic mass is 16.4. The van der Waals surface area contributed by atoms with E-state index in [1.54, 1.807) is 0 Å². The molecule has 0 spiro atoms. The van der Waals surface area contributed by atoms with Crippen molar-refractivity contribution in [2.75, 3.05) is 6.54 Å². The van der Waals surface area contributed by atoms with Crippen molar-refractivity contribution in [3.05, 3.63) is 90.5 Å². The maximum atomic E-state index is 10.7. The zero-order valence-corrected chi connectivity index (χ0v) is 18.6. The van der Waals surface area contributed by atoms with Gasteiger partial charge in [-0.1, -0.05) is 30.3 Å². The number of benzene rings is 1. The number of carbonyl (C=O) groups is 1. The third-order valence-electron chi connectivity index (χ3n) is 5.62. The number of H-pyrrole nitrogens is 1. The molecule has 0 amide bonds. The van der Waals surface area contributed by atoms with Gasteiger partial charge in [0.1, 0.15) is 5.65 Å². The number of carboxylic acid groups (broad SMARTS) is 1. The lowest BCUT2D eigenvalue weighted by atomic mass is 9.99. The Balaban J connectivity index is 1.49. The Bertz CT molecular complexity index is 1470. The first-order chi connectivity index (χ1) is 16.6. The van der Waals surface area contributed by atoms with Gasteiger partial charge in [-0.15, -0.1) is 0 Å². The predicted molar refractivity (Wildman–Crippen MR) is 132 cm³/mol. The van der Waals surface area contributed by atoms with Crippen LogP contribution in [0.15, 0.2) is 79.3 Å². The van der Waals surface area contributed by atoms with Crippen LogP contribution in [0.3, 0.4) is 0 Å². The molecule has 3 N–H and O–H groups in total. The van der Waals surface area contributed by atoms with E-state index in [1.807, 2.05) is 74.0 Å². The Kier molecular flexibility index (Phi) is 5.84. The number of rotatable bonds is 7. The van der Waals surface area contributed by atoms with E-state index in [-0.39, 0.29) is 6.54 Å². The van der Waals surface area contributed by atoms with Crippen molar-refractivity contribution in [3.8, 4) is 33.6 Å². The highest BCUT2D eigenvalue weighted by molar-refractivity contribution is 5.95. The van der Waals surface area contributed by atoms with E-state index in [0.29, 0.717) is 6.54 Å². The molecule has 0 unspecified atom stereocenters. The van der Waals surface area contributed by atoms with Crippen molar-refractivity contribution in [2.45, 2.75) is 13.5 Å². The summed E-state index contributed by atoms with van der Waals surface area (Å²) in [6.07, 6.45) is 5.60. The fourth-order valence-corrected chi connectivity index (χ4v) is 3.97. The summed E-state index contributed by atoms with van der Waals surface area (Å²) < 4.78 is 0. The molecule has 7 nitrogen and oxygen atoms in total. The molecule has 0 aliphatic rings. The number of carboxylic acids is 1. The first-order valence-corrected chi connectivity index (χ1v) is 11.0. The quantitative estimate of drug-likeness (QED) is 0.329. The predicted octanol–water partition coefficient (Wildman–Crippen LogP) is 4.84. The lowest BCUT2D eigenvalue weighted by Crippen LogP contribution is -2.21. The van der Waals surface area contributed by atoms with Gasteiger partial charge in [-0.3, -0.25) is 14.8 Å². The average molecular weight is 450 g/mol. The van der Waals surface area contributed by atoms with E-state index < -0.39 is 5.97 Å². The first-order valence-electron chi connectivity index (χ1n) is 11.0. The van der Waals surface area contributed by atoms with Crippen molar-refractivity contribution in [1.29, 1.82) is 0 Å². The Morgan fingerprint density at radius 3 is 2.56 bits per heavy atom. The van der Waals surface area contributed by atoms with Crippen molar-refractivity contribution in [1.82, 2.24) is 25.3 Å². The molecular weight excluding hydrogens is 426 g/mol. The molecule has 5 aromatic rings. The molecule has 1 aromatic carbocycles. The summed E-state index contributed by atoms with van der Waals surface area (Å²) in [5.74, 6) is -0.867. The first kappa shape index (κ1) is 21.5. The molecule has 168 valence electrons. The Morgan fingerprint density at radius 2 is 1.76 bits per heavy atom. The second kappa shape index (κ2) is 9.25. The summed E-state index contributed by atoms with van der Waals surface area (Å²) in [6, 6.07) is 20.2. The molecule has 4 heterocycles. The van der Waals surface area contributed by atoms with E-state index in [0.717, 1.165) is 55.9 Å². The number of aryl methyl sites for hydroxylation is 1. The smallest absolute Gasteiger partial charge is 0.317 e. The van der Waals surface area contributed by atoms with Crippen LogP contribution in [-0.4, -0.2) is 37.6 Å². The number of pyridine rings is 3. The fraction of sp³-hybridized carbons (Fsp3) is 0.111. The summed E-state index contributed by atoms with van der Waals surface area (Å²) in [5.41, 5.74) is 8.46. The molecular formula is C27H23N5O2. The van der Waals surface area contributed by atoms with Crippen LogP contribution in [0.25, 0.3) is 44.7 Å². The average Bonchev–Trinajstić information content (AvgIpc) is 3.33. The zero-order chi connectivity index (χ0) is 23.5. The van der Waals surface area contributed by atoms with Crippen molar-refractivity contribution in [2.24, 2.45) is 0 Å². The van der Waals surface area contributed by atoms with E-state index in [2.05, 4.69) is 32.4 Å². The Morgan fingerprint density at radius 1 is 0.941 bits per heavy atom. The lowest BCUT2D eigenvalue weighted by molar-refractivity contribution is -0.135. The van der Waals surface area contributed by atoms with Crippen LogP contribution in [0.2, 0.25) is 0 Å². The van der Waals surface area contributed by atoms with Gasteiger partial charge in [0.2, 0.25) is 0 Å². The van der Waals surface area contributed by atoms with Gasteiger partial charge in [0.15, 0.2) is 0 Å². The molecule has 0 fully saturated rings. The molecule has 0 aliphatic carbocycles. The van der Waals surface area contributed by atoms with Crippen LogP contribution >= 0.6 is 0 Å². The van der Waals surface area contributed by atoms with E-state index in [4.69, 9.17) is 10.1 Å². The van der Waals surface area contributed by atoms with Crippen LogP contribution in [0, 0.1) is 6.92 Å². The molecule has 5 rings (SSSR count). The number of hydrogen-bond acceptors (Lipinski definition) is 5. The third kappa shape index (κ3) is 4.55. The van der Waals surface area contributed by atoms with Crippen LogP contribution in [0.1, 0.15) is 11.3 Å². The van der Waals surface area contributed by atoms with Gasteiger partial charge in [0.05, 0.1) is 17.9 Å². The van der Waals surface area contributed by atoms with Crippen LogP contribution in [0.4, 0.5) is 0 Å². The molecule has 4 aromatic heterocycles. The van der Waals surface area contributed by atoms with Crippen LogP contribution < -0.4 is 5.32 Å². The van der Waals surface area contributed by atoms with Crippen molar-refractivity contribution >= 4 is 17.0 Å². The minimum Gasteiger partial charge on any atom is -0.480 e. The molecule has 0 bridgehead atoms.